The standard InChI is InChI=1S/C15H29ClO4/c16-8-4-1-2-5-9-17-11-12-18-13-14-20-15-7-3-6-10-19-15/h15H,1-14H2. The van der Waals surface area contributed by atoms with Crippen molar-refractivity contribution in [3.63, 3.8) is 0 Å². The van der Waals surface area contributed by atoms with Crippen LogP contribution in [0.2, 0.25) is 0 Å². The Bertz CT molecular complexity index is 198. The van der Waals surface area contributed by atoms with E-state index in [1.54, 1.807) is 0 Å². The van der Waals surface area contributed by atoms with E-state index in [2.05, 4.69) is 0 Å². The number of rotatable bonds is 13. The average Bonchev–Trinajstić information content (AvgIpc) is 2.49. The van der Waals surface area contributed by atoms with E-state index < -0.39 is 0 Å². The Labute approximate surface area is 128 Å². The molecule has 0 bridgehead atoms. The highest BCUT2D eigenvalue weighted by Gasteiger charge is 2.13. The van der Waals surface area contributed by atoms with Gasteiger partial charge in [-0.25, -0.2) is 0 Å². The van der Waals surface area contributed by atoms with Crippen molar-refractivity contribution >= 4 is 11.6 Å². The number of hydrogen-bond acceptors (Lipinski definition) is 4. The molecule has 1 saturated heterocycles. The van der Waals surface area contributed by atoms with Crippen LogP contribution in [0.15, 0.2) is 0 Å². The lowest BCUT2D eigenvalue weighted by molar-refractivity contribution is -0.169. The molecule has 1 aliphatic heterocycles. The van der Waals surface area contributed by atoms with Gasteiger partial charge in [0.2, 0.25) is 0 Å². The third-order valence-corrected chi connectivity index (χ3v) is 3.48. The number of alkyl halides is 1. The lowest BCUT2D eigenvalue weighted by Crippen LogP contribution is -2.24. The highest BCUT2D eigenvalue weighted by atomic mass is 35.5. The minimum atomic E-state index is -0.0170. The third kappa shape index (κ3) is 10.9. The molecule has 0 N–H and O–H groups in total. The SMILES string of the molecule is ClCCCCCCOCCOCCOC1CCCCO1. The zero-order chi connectivity index (χ0) is 14.3. The molecule has 1 fully saturated rings. The van der Waals surface area contributed by atoms with Gasteiger partial charge < -0.3 is 18.9 Å². The number of halogens is 1. The van der Waals surface area contributed by atoms with Crippen molar-refractivity contribution in [3.05, 3.63) is 0 Å². The molecule has 1 unspecified atom stereocenters. The Morgan fingerprint density at radius 3 is 2.35 bits per heavy atom. The van der Waals surface area contributed by atoms with E-state index in [0.29, 0.717) is 26.4 Å². The average molecular weight is 309 g/mol. The molecule has 0 radical (unpaired) electrons. The van der Waals surface area contributed by atoms with E-state index in [1.807, 2.05) is 0 Å². The smallest absolute Gasteiger partial charge is 0.157 e. The van der Waals surface area contributed by atoms with Gasteiger partial charge in [0, 0.05) is 19.1 Å². The molecule has 1 aliphatic rings. The van der Waals surface area contributed by atoms with E-state index in [9.17, 15) is 0 Å². The van der Waals surface area contributed by atoms with Crippen LogP contribution in [0.25, 0.3) is 0 Å². The molecule has 20 heavy (non-hydrogen) atoms. The molecule has 1 heterocycles. The second-order valence-corrected chi connectivity index (χ2v) is 5.37. The van der Waals surface area contributed by atoms with Crippen LogP contribution in [0.3, 0.4) is 0 Å². The van der Waals surface area contributed by atoms with Crippen LogP contribution in [0.4, 0.5) is 0 Å². The summed E-state index contributed by atoms with van der Waals surface area (Å²) >= 11 is 5.61. The van der Waals surface area contributed by atoms with Crippen molar-refractivity contribution in [2.75, 3.05) is 45.5 Å². The summed E-state index contributed by atoms with van der Waals surface area (Å²) in [6.45, 7) is 4.15. The Morgan fingerprint density at radius 1 is 0.850 bits per heavy atom. The summed E-state index contributed by atoms with van der Waals surface area (Å²) in [5.74, 6) is 0.767. The first-order valence-corrected chi connectivity index (χ1v) is 8.41. The Balaban J connectivity index is 1.70. The largest absolute Gasteiger partial charge is 0.379 e. The molecule has 0 spiro atoms. The maximum absolute atomic E-state index is 5.61. The molecule has 0 aromatic rings. The molecule has 0 saturated carbocycles. The van der Waals surface area contributed by atoms with Gasteiger partial charge in [0.15, 0.2) is 6.29 Å². The van der Waals surface area contributed by atoms with Gasteiger partial charge in [-0.3, -0.25) is 0 Å². The van der Waals surface area contributed by atoms with Crippen LogP contribution in [0.1, 0.15) is 44.9 Å². The van der Waals surface area contributed by atoms with Gasteiger partial charge in [0.05, 0.1) is 26.4 Å². The third-order valence-electron chi connectivity index (χ3n) is 3.21. The highest BCUT2D eigenvalue weighted by molar-refractivity contribution is 6.17. The fourth-order valence-corrected chi connectivity index (χ4v) is 2.24. The van der Waals surface area contributed by atoms with Gasteiger partial charge in [-0.1, -0.05) is 12.8 Å². The van der Waals surface area contributed by atoms with Crippen molar-refractivity contribution < 1.29 is 18.9 Å². The fraction of sp³-hybridized carbons (Fsp3) is 1.00. The van der Waals surface area contributed by atoms with Crippen LogP contribution in [-0.4, -0.2) is 51.8 Å². The van der Waals surface area contributed by atoms with Gasteiger partial charge in [-0.05, 0) is 32.1 Å². The van der Waals surface area contributed by atoms with Crippen molar-refractivity contribution in [1.82, 2.24) is 0 Å². The lowest BCUT2D eigenvalue weighted by Gasteiger charge is -2.22. The first kappa shape index (κ1) is 18.2. The van der Waals surface area contributed by atoms with Gasteiger partial charge in [-0.15, -0.1) is 11.6 Å². The number of unbranched alkanes of at least 4 members (excludes halogenated alkanes) is 3. The molecule has 0 aromatic heterocycles. The zero-order valence-electron chi connectivity index (χ0n) is 12.5. The van der Waals surface area contributed by atoms with E-state index >= 15 is 0 Å². The topological polar surface area (TPSA) is 36.9 Å². The minimum absolute atomic E-state index is 0.0170. The highest BCUT2D eigenvalue weighted by Crippen LogP contribution is 2.13. The summed E-state index contributed by atoms with van der Waals surface area (Å²) in [6.07, 6.45) is 7.95. The first-order valence-electron chi connectivity index (χ1n) is 7.88. The van der Waals surface area contributed by atoms with Crippen LogP contribution in [-0.2, 0) is 18.9 Å². The molecule has 1 atom stereocenters. The van der Waals surface area contributed by atoms with Gasteiger partial charge in [0.1, 0.15) is 0 Å². The van der Waals surface area contributed by atoms with Gasteiger partial charge in [0.25, 0.3) is 0 Å². The van der Waals surface area contributed by atoms with Gasteiger partial charge in [-0.2, -0.15) is 0 Å². The summed E-state index contributed by atoms with van der Waals surface area (Å²) in [5.41, 5.74) is 0. The molecule has 0 aliphatic carbocycles. The quantitative estimate of drug-likeness (QED) is 0.386. The summed E-state index contributed by atoms with van der Waals surface area (Å²) in [7, 11) is 0. The molecule has 4 nitrogen and oxygen atoms in total. The predicted molar refractivity (Wildman–Crippen MR) is 80.4 cm³/mol. The maximum atomic E-state index is 5.61. The Kier molecular flexibility index (Phi) is 12.8. The zero-order valence-corrected chi connectivity index (χ0v) is 13.2. The molecule has 0 amide bonds. The molecular weight excluding hydrogens is 280 g/mol. The molecular formula is C15H29ClO4. The molecule has 120 valence electrons. The van der Waals surface area contributed by atoms with Crippen LogP contribution in [0.5, 0.6) is 0 Å². The summed E-state index contributed by atoms with van der Waals surface area (Å²) in [6, 6.07) is 0. The van der Waals surface area contributed by atoms with Crippen LogP contribution < -0.4 is 0 Å². The molecule has 0 aromatic carbocycles. The lowest BCUT2D eigenvalue weighted by atomic mass is 10.2. The monoisotopic (exact) mass is 308 g/mol. The van der Waals surface area contributed by atoms with Crippen molar-refractivity contribution in [2.24, 2.45) is 0 Å². The molecule has 1 rings (SSSR count). The Morgan fingerprint density at radius 2 is 1.60 bits per heavy atom. The Hall–Kier alpha value is 0.130. The van der Waals surface area contributed by atoms with E-state index in [4.69, 9.17) is 30.5 Å². The second kappa shape index (κ2) is 14.1. The van der Waals surface area contributed by atoms with E-state index in [1.165, 1.54) is 19.3 Å². The van der Waals surface area contributed by atoms with Crippen molar-refractivity contribution in [1.29, 1.82) is 0 Å². The number of hydrogen-bond donors (Lipinski definition) is 0. The van der Waals surface area contributed by atoms with Crippen molar-refractivity contribution in [3.8, 4) is 0 Å². The van der Waals surface area contributed by atoms with E-state index in [0.717, 1.165) is 44.8 Å². The normalized spacial score (nSPS) is 19.4. The number of ether oxygens (including phenoxy) is 4. The fourth-order valence-electron chi connectivity index (χ4n) is 2.06. The van der Waals surface area contributed by atoms with Crippen LogP contribution in [0, 0.1) is 0 Å². The van der Waals surface area contributed by atoms with Gasteiger partial charge >= 0.3 is 0 Å². The first-order chi connectivity index (χ1) is 9.93. The van der Waals surface area contributed by atoms with Crippen molar-refractivity contribution in [2.45, 2.75) is 51.2 Å². The summed E-state index contributed by atoms with van der Waals surface area (Å²) < 4.78 is 22.0. The van der Waals surface area contributed by atoms with Crippen LogP contribution >= 0.6 is 11.6 Å². The predicted octanol–water partition coefficient (Wildman–Crippen LogP) is 3.36. The van der Waals surface area contributed by atoms with E-state index in [-0.39, 0.29) is 6.29 Å². The second-order valence-electron chi connectivity index (χ2n) is 4.99. The maximum Gasteiger partial charge on any atom is 0.157 e. The summed E-state index contributed by atoms with van der Waals surface area (Å²) in [4.78, 5) is 0. The minimum Gasteiger partial charge on any atom is -0.379 e. The summed E-state index contributed by atoms with van der Waals surface area (Å²) in [5, 5.41) is 0. The molecule has 5 heteroatoms.